The fraction of sp³-hybridized carbons (Fsp3) is 0.714. The van der Waals surface area contributed by atoms with Crippen LogP contribution in [0, 0.1) is 0 Å². The van der Waals surface area contributed by atoms with Gasteiger partial charge in [0.2, 0.25) is 0 Å². The van der Waals surface area contributed by atoms with E-state index in [4.69, 9.17) is 0 Å². The first-order chi connectivity index (χ1) is 10.2. The summed E-state index contributed by atoms with van der Waals surface area (Å²) in [6.07, 6.45) is 0.682. The Morgan fingerprint density at radius 1 is 1.41 bits per heavy atom. The first-order valence-electron chi connectivity index (χ1n) is 7.33. The topological polar surface area (TPSA) is 78.0 Å². The van der Waals surface area contributed by atoms with Crippen molar-refractivity contribution in [2.45, 2.75) is 56.7 Å². The third-order valence-electron chi connectivity index (χ3n) is 4.08. The average molecular weight is 319 g/mol. The first kappa shape index (κ1) is 16.8. The fourth-order valence-corrected chi connectivity index (χ4v) is 2.52. The molecule has 5 nitrogen and oxygen atoms in total. The summed E-state index contributed by atoms with van der Waals surface area (Å²) in [5.74, 6) is -0.413. The van der Waals surface area contributed by atoms with Gasteiger partial charge in [0.25, 0.3) is 5.91 Å². The molecule has 2 rings (SSSR count). The van der Waals surface area contributed by atoms with E-state index in [2.05, 4.69) is 15.5 Å². The number of carbonyl (C=O) groups is 1. The van der Waals surface area contributed by atoms with Crippen LogP contribution in [0.2, 0.25) is 0 Å². The lowest BCUT2D eigenvalue weighted by Crippen LogP contribution is -2.51. The number of aromatic amines is 1. The molecule has 1 fully saturated rings. The van der Waals surface area contributed by atoms with E-state index in [1.807, 2.05) is 0 Å². The van der Waals surface area contributed by atoms with E-state index in [0.717, 1.165) is 31.4 Å². The van der Waals surface area contributed by atoms with E-state index in [0.29, 0.717) is 12.8 Å². The number of aromatic nitrogens is 2. The van der Waals surface area contributed by atoms with Crippen LogP contribution in [0.4, 0.5) is 13.2 Å². The Morgan fingerprint density at radius 2 is 2.05 bits per heavy atom. The summed E-state index contributed by atoms with van der Waals surface area (Å²) in [6.45, 7) is -0.299. The van der Waals surface area contributed by atoms with E-state index < -0.39 is 24.2 Å². The summed E-state index contributed by atoms with van der Waals surface area (Å²) in [5, 5.41) is 18.0. The third-order valence-corrected chi connectivity index (χ3v) is 4.08. The molecule has 0 aliphatic heterocycles. The van der Waals surface area contributed by atoms with Crippen molar-refractivity contribution in [3.63, 3.8) is 0 Å². The number of amides is 1. The van der Waals surface area contributed by atoms with Gasteiger partial charge in [-0.25, -0.2) is 0 Å². The Hall–Kier alpha value is -1.57. The quantitative estimate of drug-likeness (QED) is 0.798. The van der Waals surface area contributed by atoms with Crippen LogP contribution >= 0.6 is 0 Å². The Balaban J connectivity index is 1.94. The van der Waals surface area contributed by atoms with Gasteiger partial charge in [0.05, 0.1) is 6.54 Å². The second kappa shape index (κ2) is 6.28. The molecule has 0 aromatic carbocycles. The molecule has 1 amide bonds. The lowest BCUT2D eigenvalue weighted by Gasteiger charge is -2.26. The fourth-order valence-electron chi connectivity index (χ4n) is 2.52. The van der Waals surface area contributed by atoms with E-state index in [1.54, 1.807) is 6.07 Å². The van der Waals surface area contributed by atoms with Crippen molar-refractivity contribution in [3.05, 3.63) is 17.5 Å². The van der Waals surface area contributed by atoms with Gasteiger partial charge in [0.15, 0.2) is 5.60 Å². The van der Waals surface area contributed by atoms with E-state index in [9.17, 15) is 23.1 Å². The number of rotatable bonds is 4. The smallest absolute Gasteiger partial charge is 0.379 e. The van der Waals surface area contributed by atoms with Crippen molar-refractivity contribution >= 4 is 5.91 Å². The standard InChI is InChI=1S/C14H20F3N3O2/c1-13(22,14(15,16)17)8-18-12(21)11-7-10(19-20-11)9-5-3-2-4-6-9/h7,9,22H,2-6,8H2,1H3,(H,18,21)(H,19,20). The highest BCUT2D eigenvalue weighted by Gasteiger charge is 2.49. The second-order valence-electron chi connectivity index (χ2n) is 6.00. The molecule has 8 heteroatoms. The van der Waals surface area contributed by atoms with Crippen LogP contribution in [-0.4, -0.2) is 39.5 Å². The van der Waals surface area contributed by atoms with Gasteiger partial charge in [-0.1, -0.05) is 19.3 Å². The summed E-state index contributed by atoms with van der Waals surface area (Å²) in [6, 6.07) is 1.58. The van der Waals surface area contributed by atoms with Crippen LogP contribution in [0.15, 0.2) is 6.07 Å². The lowest BCUT2D eigenvalue weighted by molar-refractivity contribution is -0.249. The molecule has 1 unspecified atom stereocenters. The number of nitrogens with zero attached hydrogens (tertiary/aromatic N) is 1. The molecular formula is C14H20F3N3O2. The zero-order valence-corrected chi connectivity index (χ0v) is 12.3. The lowest BCUT2D eigenvalue weighted by atomic mass is 9.87. The maximum absolute atomic E-state index is 12.5. The van der Waals surface area contributed by atoms with Crippen molar-refractivity contribution < 1.29 is 23.1 Å². The summed E-state index contributed by atoms with van der Waals surface area (Å²) >= 11 is 0. The largest absolute Gasteiger partial charge is 0.418 e. The van der Waals surface area contributed by atoms with E-state index >= 15 is 0 Å². The summed E-state index contributed by atoms with van der Waals surface area (Å²) in [4.78, 5) is 11.8. The first-order valence-corrected chi connectivity index (χ1v) is 7.33. The van der Waals surface area contributed by atoms with Gasteiger partial charge < -0.3 is 10.4 Å². The van der Waals surface area contributed by atoms with Crippen molar-refractivity contribution in [1.29, 1.82) is 0 Å². The maximum Gasteiger partial charge on any atom is 0.418 e. The molecule has 124 valence electrons. The molecule has 0 saturated heterocycles. The monoisotopic (exact) mass is 319 g/mol. The number of hydrogen-bond acceptors (Lipinski definition) is 3. The zero-order valence-electron chi connectivity index (χ0n) is 12.3. The second-order valence-corrected chi connectivity index (χ2v) is 6.00. The highest BCUT2D eigenvalue weighted by atomic mass is 19.4. The predicted octanol–water partition coefficient (Wildman–Crippen LogP) is 2.50. The van der Waals surface area contributed by atoms with Crippen LogP contribution in [-0.2, 0) is 0 Å². The van der Waals surface area contributed by atoms with Crippen LogP contribution in [0.5, 0.6) is 0 Å². The molecule has 1 aromatic heterocycles. The van der Waals surface area contributed by atoms with Gasteiger partial charge >= 0.3 is 6.18 Å². The highest BCUT2D eigenvalue weighted by molar-refractivity contribution is 5.92. The number of carbonyl (C=O) groups excluding carboxylic acids is 1. The van der Waals surface area contributed by atoms with E-state index in [-0.39, 0.29) is 5.69 Å². The van der Waals surface area contributed by atoms with Crippen LogP contribution in [0.3, 0.4) is 0 Å². The van der Waals surface area contributed by atoms with Gasteiger partial charge in [-0.2, -0.15) is 18.3 Å². The van der Waals surface area contributed by atoms with Gasteiger partial charge in [-0.05, 0) is 25.8 Å². The molecule has 1 aromatic rings. The minimum absolute atomic E-state index is 0.0403. The van der Waals surface area contributed by atoms with Crippen LogP contribution in [0.25, 0.3) is 0 Å². The molecular weight excluding hydrogens is 299 g/mol. The van der Waals surface area contributed by atoms with Gasteiger partial charge in [0, 0.05) is 11.6 Å². The molecule has 3 N–H and O–H groups in total. The van der Waals surface area contributed by atoms with Gasteiger partial charge in [-0.15, -0.1) is 0 Å². The number of alkyl halides is 3. The van der Waals surface area contributed by atoms with Crippen molar-refractivity contribution in [2.75, 3.05) is 6.54 Å². The SMILES string of the molecule is CC(O)(CNC(=O)c1cc(C2CCCCC2)[nH]n1)C(F)(F)F. The minimum atomic E-state index is -4.81. The molecule has 0 radical (unpaired) electrons. The third kappa shape index (κ3) is 3.79. The average Bonchev–Trinajstić information content (AvgIpc) is 2.94. The molecule has 0 bridgehead atoms. The van der Waals surface area contributed by atoms with Crippen LogP contribution in [0.1, 0.15) is 61.1 Å². The summed E-state index contributed by atoms with van der Waals surface area (Å²) in [5.41, 5.74) is -2.09. The number of hydrogen-bond donors (Lipinski definition) is 3. The van der Waals surface area contributed by atoms with Gasteiger partial charge in [-0.3, -0.25) is 9.89 Å². The predicted molar refractivity (Wildman–Crippen MR) is 73.4 cm³/mol. The number of halogens is 3. The molecule has 1 saturated carbocycles. The highest BCUT2D eigenvalue weighted by Crippen LogP contribution is 2.32. The molecule has 22 heavy (non-hydrogen) atoms. The number of nitrogens with one attached hydrogen (secondary N) is 2. The Labute approximate surface area is 126 Å². The molecule has 1 aliphatic rings. The number of H-pyrrole nitrogens is 1. The summed E-state index contributed by atoms with van der Waals surface area (Å²) in [7, 11) is 0. The molecule has 0 spiro atoms. The maximum atomic E-state index is 12.5. The normalized spacial score (nSPS) is 19.7. The Bertz CT molecular complexity index is 520. The molecule has 1 heterocycles. The van der Waals surface area contributed by atoms with Crippen molar-refractivity contribution in [1.82, 2.24) is 15.5 Å². The Morgan fingerprint density at radius 3 is 2.64 bits per heavy atom. The van der Waals surface area contributed by atoms with Gasteiger partial charge in [0.1, 0.15) is 5.69 Å². The number of aliphatic hydroxyl groups is 1. The zero-order chi connectivity index (χ0) is 16.4. The molecule has 1 atom stereocenters. The molecule has 1 aliphatic carbocycles. The van der Waals surface area contributed by atoms with E-state index in [1.165, 1.54) is 6.42 Å². The summed E-state index contributed by atoms with van der Waals surface area (Å²) < 4.78 is 37.5. The van der Waals surface area contributed by atoms with Crippen LogP contribution < -0.4 is 5.32 Å². The van der Waals surface area contributed by atoms with Crippen molar-refractivity contribution in [2.24, 2.45) is 0 Å². The Kier molecular flexibility index (Phi) is 4.79. The minimum Gasteiger partial charge on any atom is -0.379 e. The van der Waals surface area contributed by atoms with Crippen molar-refractivity contribution in [3.8, 4) is 0 Å².